The summed E-state index contributed by atoms with van der Waals surface area (Å²) in [5, 5.41) is 4.51. The molecule has 5 heteroatoms. The van der Waals surface area contributed by atoms with E-state index in [-0.39, 0.29) is 18.1 Å². The molecule has 2 atom stereocenters. The summed E-state index contributed by atoms with van der Waals surface area (Å²) in [5.74, 6) is 0.221. The third-order valence-corrected chi connectivity index (χ3v) is 5.35. The predicted octanol–water partition coefficient (Wildman–Crippen LogP) is 2.81. The number of carbonyl (C=O) groups excluding carboxylic acids is 1. The Labute approximate surface area is 148 Å². The molecule has 2 heterocycles. The van der Waals surface area contributed by atoms with Crippen LogP contribution in [0.15, 0.2) is 30.3 Å². The molecule has 5 nitrogen and oxygen atoms in total. The Hall–Kier alpha value is -2.14. The van der Waals surface area contributed by atoms with Crippen molar-refractivity contribution in [1.29, 1.82) is 0 Å². The Morgan fingerprint density at radius 3 is 2.76 bits per heavy atom. The first-order valence-corrected chi connectivity index (χ1v) is 9.15. The SMILES string of the molecule is Cc1cc(C)n(-c2ccc(CC(=O)N3CCO[C@H]4CCC[C@@H]43)cc2)n1. The van der Waals surface area contributed by atoms with Crippen molar-refractivity contribution in [3.8, 4) is 5.69 Å². The molecule has 132 valence electrons. The average molecular weight is 339 g/mol. The summed E-state index contributed by atoms with van der Waals surface area (Å²) in [7, 11) is 0. The van der Waals surface area contributed by atoms with Crippen LogP contribution in [-0.2, 0) is 16.0 Å². The van der Waals surface area contributed by atoms with Crippen molar-refractivity contribution < 1.29 is 9.53 Å². The maximum atomic E-state index is 12.8. The Bertz CT molecular complexity index is 766. The summed E-state index contributed by atoms with van der Waals surface area (Å²) in [6.07, 6.45) is 4.04. The molecular weight excluding hydrogens is 314 g/mol. The van der Waals surface area contributed by atoms with Gasteiger partial charge in [-0.25, -0.2) is 4.68 Å². The lowest BCUT2D eigenvalue weighted by molar-refractivity contribution is -0.143. The van der Waals surface area contributed by atoms with Gasteiger partial charge in [-0.2, -0.15) is 5.10 Å². The van der Waals surface area contributed by atoms with Crippen LogP contribution in [0.25, 0.3) is 5.69 Å². The van der Waals surface area contributed by atoms with Gasteiger partial charge >= 0.3 is 0 Å². The number of morpholine rings is 1. The zero-order valence-corrected chi connectivity index (χ0v) is 14.9. The topological polar surface area (TPSA) is 47.4 Å². The lowest BCUT2D eigenvalue weighted by Gasteiger charge is -2.37. The summed E-state index contributed by atoms with van der Waals surface area (Å²) in [6.45, 7) is 5.44. The van der Waals surface area contributed by atoms with E-state index in [2.05, 4.69) is 16.1 Å². The normalized spacial score (nSPS) is 22.9. The van der Waals surface area contributed by atoms with Gasteiger partial charge in [-0.3, -0.25) is 4.79 Å². The van der Waals surface area contributed by atoms with Crippen LogP contribution in [0.2, 0.25) is 0 Å². The standard InChI is InChI=1S/C20H25N3O2/c1-14-12-15(2)23(21-14)17-8-6-16(7-9-17)13-20(24)22-10-11-25-19-5-3-4-18(19)22/h6-9,12,18-19H,3-5,10-11,13H2,1-2H3/t18-,19-/m0/s1. The molecule has 1 aliphatic carbocycles. The van der Waals surface area contributed by atoms with Gasteiger partial charge in [0.1, 0.15) is 0 Å². The van der Waals surface area contributed by atoms with Crippen LogP contribution >= 0.6 is 0 Å². The van der Waals surface area contributed by atoms with Gasteiger partial charge in [0.05, 0.1) is 36.6 Å². The monoisotopic (exact) mass is 339 g/mol. The number of benzene rings is 1. The summed E-state index contributed by atoms with van der Waals surface area (Å²) in [6, 6.07) is 10.5. The minimum absolute atomic E-state index is 0.221. The molecule has 1 saturated carbocycles. The van der Waals surface area contributed by atoms with Crippen molar-refractivity contribution >= 4 is 5.91 Å². The highest BCUT2D eigenvalue weighted by Crippen LogP contribution is 2.30. The van der Waals surface area contributed by atoms with E-state index in [9.17, 15) is 4.79 Å². The number of rotatable bonds is 3. The van der Waals surface area contributed by atoms with Gasteiger partial charge in [0.2, 0.25) is 5.91 Å². The summed E-state index contributed by atoms with van der Waals surface area (Å²) in [4.78, 5) is 14.8. The molecule has 0 unspecified atom stereocenters. The van der Waals surface area contributed by atoms with E-state index < -0.39 is 0 Å². The molecule has 0 N–H and O–H groups in total. The molecule has 0 spiro atoms. The minimum atomic E-state index is 0.221. The lowest BCUT2D eigenvalue weighted by Crippen LogP contribution is -2.51. The molecule has 2 fully saturated rings. The fraction of sp³-hybridized carbons (Fsp3) is 0.500. The number of amides is 1. The highest BCUT2D eigenvalue weighted by atomic mass is 16.5. The Morgan fingerprint density at radius 1 is 1.24 bits per heavy atom. The Balaban J connectivity index is 1.46. The van der Waals surface area contributed by atoms with Crippen molar-refractivity contribution in [2.75, 3.05) is 13.2 Å². The second-order valence-electron chi connectivity index (χ2n) is 7.18. The van der Waals surface area contributed by atoms with Crippen LogP contribution in [0, 0.1) is 13.8 Å². The first-order valence-electron chi connectivity index (χ1n) is 9.15. The van der Waals surface area contributed by atoms with Crippen molar-refractivity contribution in [2.45, 2.75) is 51.7 Å². The smallest absolute Gasteiger partial charge is 0.227 e. The largest absolute Gasteiger partial charge is 0.374 e. The number of fused-ring (bicyclic) bond motifs is 1. The second kappa shape index (κ2) is 6.64. The van der Waals surface area contributed by atoms with Gasteiger partial charge in [0.25, 0.3) is 0 Å². The Morgan fingerprint density at radius 2 is 2.04 bits per heavy atom. The second-order valence-corrected chi connectivity index (χ2v) is 7.18. The number of nitrogens with zero attached hydrogens (tertiary/aromatic N) is 3. The van der Waals surface area contributed by atoms with E-state index in [4.69, 9.17) is 4.74 Å². The molecular formula is C20H25N3O2. The third kappa shape index (κ3) is 3.21. The van der Waals surface area contributed by atoms with Crippen molar-refractivity contribution in [2.24, 2.45) is 0 Å². The number of aryl methyl sites for hydroxylation is 2. The lowest BCUT2D eigenvalue weighted by atomic mass is 10.1. The Kier molecular flexibility index (Phi) is 4.34. The maximum Gasteiger partial charge on any atom is 0.227 e. The molecule has 0 bridgehead atoms. The molecule has 2 aromatic rings. The van der Waals surface area contributed by atoms with E-state index in [0.29, 0.717) is 13.0 Å². The van der Waals surface area contributed by atoms with Gasteiger partial charge in [-0.1, -0.05) is 12.1 Å². The van der Waals surface area contributed by atoms with Gasteiger partial charge in [0, 0.05) is 12.2 Å². The van der Waals surface area contributed by atoms with Crippen molar-refractivity contribution in [3.63, 3.8) is 0 Å². The quantitative estimate of drug-likeness (QED) is 0.864. The minimum Gasteiger partial charge on any atom is -0.374 e. The fourth-order valence-corrected chi connectivity index (χ4v) is 4.16. The number of carbonyl (C=O) groups is 1. The molecule has 1 aromatic heterocycles. The average Bonchev–Trinajstić information content (AvgIpc) is 3.21. The zero-order chi connectivity index (χ0) is 17.4. The number of aromatic nitrogens is 2. The van der Waals surface area contributed by atoms with Gasteiger partial charge in [0.15, 0.2) is 0 Å². The molecule has 0 radical (unpaired) electrons. The van der Waals surface area contributed by atoms with Crippen LogP contribution in [0.1, 0.15) is 36.2 Å². The summed E-state index contributed by atoms with van der Waals surface area (Å²) < 4.78 is 7.74. The molecule has 1 aromatic carbocycles. The van der Waals surface area contributed by atoms with Crippen LogP contribution in [0.5, 0.6) is 0 Å². The van der Waals surface area contributed by atoms with Crippen molar-refractivity contribution in [3.05, 3.63) is 47.3 Å². The van der Waals surface area contributed by atoms with Crippen LogP contribution in [-0.4, -0.2) is 45.9 Å². The zero-order valence-electron chi connectivity index (χ0n) is 14.9. The van der Waals surface area contributed by atoms with E-state index in [0.717, 1.165) is 48.4 Å². The summed E-state index contributed by atoms with van der Waals surface area (Å²) >= 11 is 0. The fourth-order valence-electron chi connectivity index (χ4n) is 4.16. The van der Waals surface area contributed by atoms with E-state index in [1.54, 1.807) is 0 Å². The van der Waals surface area contributed by atoms with E-state index in [1.165, 1.54) is 0 Å². The van der Waals surface area contributed by atoms with Crippen molar-refractivity contribution in [1.82, 2.24) is 14.7 Å². The molecule has 1 saturated heterocycles. The number of hydrogen-bond acceptors (Lipinski definition) is 3. The molecule has 1 aliphatic heterocycles. The first-order chi connectivity index (χ1) is 12.1. The number of ether oxygens (including phenoxy) is 1. The maximum absolute atomic E-state index is 12.8. The van der Waals surface area contributed by atoms with Crippen LogP contribution < -0.4 is 0 Å². The molecule has 4 rings (SSSR count). The van der Waals surface area contributed by atoms with Gasteiger partial charge in [-0.05, 0) is 56.9 Å². The number of hydrogen-bond donors (Lipinski definition) is 0. The van der Waals surface area contributed by atoms with E-state index >= 15 is 0 Å². The van der Waals surface area contributed by atoms with Gasteiger partial charge < -0.3 is 9.64 Å². The van der Waals surface area contributed by atoms with Crippen LogP contribution in [0.4, 0.5) is 0 Å². The highest BCUT2D eigenvalue weighted by Gasteiger charge is 2.38. The van der Waals surface area contributed by atoms with Crippen LogP contribution in [0.3, 0.4) is 0 Å². The third-order valence-electron chi connectivity index (χ3n) is 5.35. The highest BCUT2D eigenvalue weighted by molar-refractivity contribution is 5.79. The summed E-state index contributed by atoms with van der Waals surface area (Å²) in [5.41, 5.74) is 4.21. The first kappa shape index (κ1) is 16.3. The molecule has 25 heavy (non-hydrogen) atoms. The van der Waals surface area contributed by atoms with E-state index in [1.807, 2.05) is 42.8 Å². The molecule has 1 amide bonds. The van der Waals surface area contributed by atoms with Gasteiger partial charge in [-0.15, -0.1) is 0 Å². The molecule has 2 aliphatic rings. The predicted molar refractivity (Wildman–Crippen MR) is 95.8 cm³/mol.